The van der Waals surface area contributed by atoms with Gasteiger partial charge in [-0.15, -0.1) is 0 Å². The summed E-state index contributed by atoms with van der Waals surface area (Å²) in [6.45, 7) is -0.165. The summed E-state index contributed by atoms with van der Waals surface area (Å²) in [7, 11) is 0. The first kappa shape index (κ1) is 22.5. The van der Waals surface area contributed by atoms with Gasteiger partial charge in [-0.05, 0) is 42.0 Å². The van der Waals surface area contributed by atoms with Crippen molar-refractivity contribution in [1.29, 1.82) is 0 Å². The molecule has 31 heavy (non-hydrogen) atoms. The van der Waals surface area contributed by atoms with Gasteiger partial charge in [0.1, 0.15) is 18.2 Å². The van der Waals surface area contributed by atoms with Crippen molar-refractivity contribution >= 4 is 5.69 Å². The summed E-state index contributed by atoms with van der Waals surface area (Å²) in [6.07, 6.45) is -9.08. The predicted octanol–water partition coefficient (Wildman–Crippen LogP) is 7.05. The van der Waals surface area contributed by atoms with Crippen molar-refractivity contribution < 1.29 is 35.5 Å². The number of hydrogen-bond acceptors (Lipinski definition) is 2. The van der Waals surface area contributed by atoms with E-state index < -0.39 is 29.3 Å². The molecule has 0 heterocycles. The summed E-state index contributed by atoms with van der Waals surface area (Å²) in [6, 6.07) is 13.4. The Morgan fingerprint density at radius 3 is 2.10 bits per heavy atom. The van der Waals surface area contributed by atoms with Crippen molar-refractivity contribution in [1.82, 2.24) is 0 Å². The topological polar surface area (TPSA) is 21.3 Å². The highest BCUT2D eigenvalue weighted by atomic mass is 19.4. The van der Waals surface area contributed by atoms with Crippen molar-refractivity contribution in [2.75, 3.05) is 5.32 Å². The van der Waals surface area contributed by atoms with Crippen LogP contribution in [0.15, 0.2) is 66.7 Å². The fourth-order valence-corrected chi connectivity index (χ4v) is 2.76. The Bertz CT molecular complexity index is 1040. The molecule has 0 aromatic heterocycles. The Kier molecular flexibility index (Phi) is 6.42. The van der Waals surface area contributed by atoms with Gasteiger partial charge < -0.3 is 10.1 Å². The van der Waals surface area contributed by atoms with E-state index in [1.54, 1.807) is 24.3 Å². The minimum atomic E-state index is -4.63. The molecule has 0 aliphatic carbocycles. The maximum absolute atomic E-state index is 13.9. The van der Waals surface area contributed by atoms with Gasteiger partial charge in [0, 0.05) is 23.9 Å². The monoisotopic (exact) mass is 443 g/mol. The fourth-order valence-electron chi connectivity index (χ4n) is 2.76. The van der Waals surface area contributed by atoms with Crippen LogP contribution in [-0.4, -0.2) is 0 Å². The highest BCUT2D eigenvalue weighted by molar-refractivity contribution is 5.48. The number of ether oxygens (including phenoxy) is 1. The minimum absolute atomic E-state index is 0.0447. The molecule has 0 aliphatic rings. The third kappa shape index (κ3) is 6.13. The van der Waals surface area contributed by atoms with Crippen LogP contribution in [0.2, 0.25) is 0 Å². The number of benzene rings is 3. The van der Waals surface area contributed by atoms with Gasteiger partial charge in [0.15, 0.2) is 0 Å². The van der Waals surface area contributed by atoms with Gasteiger partial charge in [0.25, 0.3) is 0 Å². The molecule has 0 saturated carbocycles. The Morgan fingerprint density at radius 2 is 1.42 bits per heavy atom. The Labute approximate surface area is 173 Å². The van der Waals surface area contributed by atoms with Crippen molar-refractivity contribution in [2.45, 2.75) is 25.5 Å². The molecule has 0 fully saturated rings. The first-order valence-electron chi connectivity index (χ1n) is 9.01. The number of anilines is 1. The van der Waals surface area contributed by atoms with Crippen LogP contribution in [0.1, 0.15) is 22.3 Å². The van der Waals surface area contributed by atoms with Gasteiger partial charge in [-0.1, -0.05) is 24.3 Å². The summed E-state index contributed by atoms with van der Waals surface area (Å²) >= 11 is 0. The number of halogens is 7. The number of rotatable bonds is 6. The van der Waals surface area contributed by atoms with Crippen molar-refractivity contribution in [3.05, 3.63) is 94.8 Å². The molecule has 0 radical (unpaired) electrons. The predicted molar refractivity (Wildman–Crippen MR) is 101 cm³/mol. The molecule has 0 saturated heterocycles. The second kappa shape index (κ2) is 8.87. The van der Waals surface area contributed by atoms with Gasteiger partial charge in [-0.3, -0.25) is 0 Å². The molecule has 0 atom stereocenters. The highest BCUT2D eigenvalue weighted by Gasteiger charge is 2.31. The van der Waals surface area contributed by atoms with Crippen LogP contribution in [0.4, 0.5) is 36.4 Å². The van der Waals surface area contributed by atoms with Crippen LogP contribution in [0.25, 0.3) is 0 Å². The number of alkyl halides is 6. The molecule has 0 amide bonds. The molecular formula is C22H16F7NO. The minimum Gasteiger partial charge on any atom is -0.489 e. The zero-order valence-corrected chi connectivity index (χ0v) is 15.8. The first-order chi connectivity index (χ1) is 14.5. The summed E-state index contributed by atoms with van der Waals surface area (Å²) in [5.74, 6) is -0.630. The van der Waals surface area contributed by atoms with Crippen LogP contribution in [0.3, 0.4) is 0 Å². The highest BCUT2D eigenvalue weighted by Crippen LogP contribution is 2.31. The van der Waals surface area contributed by atoms with Crippen LogP contribution >= 0.6 is 0 Å². The number of hydrogen-bond donors (Lipinski definition) is 1. The van der Waals surface area contributed by atoms with Crippen LogP contribution in [0, 0.1) is 5.82 Å². The van der Waals surface area contributed by atoms with Crippen molar-refractivity contribution in [3.63, 3.8) is 0 Å². The van der Waals surface area contributed by atoms with E-state index in [2.05, 4.69) is 5.32 Å². The molecule has 0 aliphatic heterocycles. The van der Waals surface area contributed by atoms with Crippen LogP contribution in [0.5, 0.6) is 5.75 Å². The maximum Gasteiger partial charge on any atom is 0.416 e. The van der Waals surface area contributed by atoms with E-state index in [1.165, 1.54) is 12.1 Å². The lowest BCUT2D eigenvalue weighted by molar-refractivity contribution is -0.138. The summed E-state index contributed by atoms with van der Waals surface area (Å²) in [5, 5.41) is 2.88. The largest absolute Gasteiger partial charge is 0.489 e. The molecule has 0 unspecified atom stereocenters. The second-order valence-electron chi connectivity index (χ2n) is 6.67. The Balaban J connectivity index is 1.62. The van der Waals surface area contributed by atoms with Gasteiger partial charge in [-0.2, -0.15) is 26.3 Å². The molecule has 0 bridgehead atoms. The SMILES string of the molecule is Fc1cc(C(F)(F)F)ccc1CNc1cccc(OCc2cccc(C(F)(F)F)c2)c1. The van der Waals surface area contributed by atoms with Crippen LogP contribution < -0.4 is 10.1 Å². The van der Waals surface area contributed by atoms with E-state index in [0.29, 0.717) is 23.1 Å². The lowest BCUT2D eigenvalue weighted by Gasteiger charge is -2.13. The molecule has 2 nitrogen and oxygen atoms in total. The zero-order chi connectivity index (χ0) is 22.6. The Morgan fingerprint density at radius 1 is 0.742 bits per heavy atom. The average molecular weight is 443 g/mol. The molecule has 3 aromatic carbocycles. The lowest BCUT2D eigenvalue weighted by atomic mass is 10.1. The molecule has 0 spiro atoms. The van der Waals surface area contributed by atoms with E-state index in [9.17, 15) is 30.7 Å². The summed E-state index contributed by atoms with van der Waals surface area (Å²) < 4.78 is 95.7. The summed E-state index contributed by atoms with van der Waals surface area (Å²) in [5.41, 5.74) is -0.967. The van der Waals surface area contributed by atoms with Gasteiger partial charge >= 0.3 is 12.4 Å². The lowest BCUT2D eigenvalue weighted by Crippen LogP contribution is -2.08. The zero-order valence-electron chi connectivity index (χ0n) is 15.8. The molecule has 3 rings (SSSR count). The van der Waals surface area contributed by atoms with Crippen molar-refractivity contribution in [2.24, 2.45) is 0 Å². The van der Waals surface area contributed by atoms with E-state index in [4.69, 9.17) is 4.74 Å². The standard InChI is InChI=1S/C22H16F7NO/c23-20-10-17(22(27,28)29)8-7-15(20)12-30-18-5-2-6-19(11-18)31-13-14-3-1-4-16(9-14)21(24,25)26/h1-11,30H,12-13H2. The smallest absolute Gasteiger partial charge is 0.416 e. The molecule has 9 heteroatoms. The molecule has 1 N–H and O–H groups in total. The second-order valence-corrected chi connectivity index (χ2v) is 6.67. The fraction of sp³-hybridized carbons (Fsp3) is 0.182. The summed E-state index contributed by atoms with van der Waals surface area (Å²) in [4.78, 5) is 0. The Hall–Kier alpha value is -3.23. The number of nitrogens with one attached hydrogen (secondary N) is 1. The molecular weight excluding hydrogens is 427 g/mol. The molecule has 3 aromatic rings. The quantitative estimate of drug-likeness (QED) is 0.412. The van der Waals surface area contributed by atoms with E-state index >= 15 is 0 Å². The van der Waals surface area contributed by atoms with E-state index in [1.807, 2.05) is 0 Å². The van der Waals surface area contributed by atoms with Gasteiger partial charge in [-0.25, -0.2) is 4.39 Å². The van der Waals surface area contributed by atoms with E-state index in [-0.39, 0.29) is 18.7 Å². The third-order valence-electron chi connectivity index (χ3n) is 4.36. The first-order valence-corrected chi connectivity index (χ1v) is 9.01. The van der Waals surface area contributed by atoms with Crippen LogP contribution in [-0.2, 0) is 25.5 Å². The molecule has 164 valence electrons. The average Bonchev–Trinajstić information content (AvgIpc) is 2.70. The van der Waals surface area contributed by atoms with E-state index in [0.717, 1.165) is 24.3 Å². The van der Waals surface area contributed by atoms with Crippen molar-refractivity contribution in [3.8, 4) is 5.75 Å². The third-order valence-corrected chi connectivity index (χ3v) is 4.36. The van der Waals surface area contributed by atoms with Gasteiger partial charge in [0.2, 0.25) is 0 Å². The normalized spacial score (nSPS) is 12.0. The maximum atomic E-state index is 13.9. The van der Waals surface area contributed by atoms with Gasteiger partial charge in [0.05, 0.1) is 11.1 Å².